The van der Waals surface area contributed by atoms with Crippen LogP contribution in [-0.2, 0) is 9.59 Å². The average molecular weight is 458 g/mol. The second kappa shape index (κ2) is 10.5. The second-order valence-corrected chi connectivity index (χ2v) is 8.87. The van der Waals surface area contributed by atoms with E-state index in [0.717, 1.165) is 11.3 Å². The van der Waals surface area contributed by atoms with E-state index in [-0.39, 0.29) is 23.0 Å². The Labute approximate surface area is 193 Å². The normalized spacial score (nSPS) is 11.8. The Morgan fingerprint density at radius 1 is 1.19 bits per heavy atom. The Morgan fingerprint density at radius 2 is 1.88 bits per heavy atom. The molecule has 0 aromatic heterocycles. The van der Waals surface area contributed by atoms with E-state index >= 15 is 0 Å². The van der Waals surface area contributed by atoms with Gasteiger partial charge in [-0.25, -0.2) is 4.99 Å². The molecule has 0 spiro atoms. The van der Waals surface area contributed by atoms with Crippen LogP contribution in [0.1, 0.15) is 36.7 Å². The van der Waals surface area contributed by atoms with E-state index in [2.05, 4.69) is 10.3 Å². The lowest BCUT2D eigenvalue weighted by atomic mass is 9.87. The van der Waals surface area contributed by atoms with Gasteiger partial charge in [0.15, 0.2) is 11.5 Å². The number of ketones is 1. The first-order valence-electron chi connectivity index (χ1n) is 10.1. The first kappa shape index (κ1) is 25.2. The summed E-state index contributed by atoms with van der Waals surface area (Å²) in [7, 11) is 1.85. The zero-order valence-corrected chi connectivity index (χ0v) is 19.7. The molecule has 2 rings (SSSR count). The molecule has 8 heteroatoms. The number of aliphatic hydroxyl groups is 1. The third-order valence-corrected chi connectivity index (χ3v) is 5.10. The van der Waals surface area contributed by atoms with Gasteiger partial charge in [-0.05, 0) is 42.8 Å². The number of aldehydes is 1. The van der Waals surface area contributed by atoms with Crippen molar-refractivity contribution in [2.24, 2.45) is 10.4 Å². The summed E-state index contributed by atoms with van der Waals surface area (Å²) in [6.45, 7) is 7.44. The van der Waals surface area contributed by atoms with Gasteiger partial charge in [0.25, 0.3) is 5.91 Å². The number of halogens is 1. The minimum atomic E-state index is -0.847. The Hall–Kier alpha value is -3.03. The van der Waals surface area contributed by atoms with E-state index in [9.17, 15) is 14.4 Å². The molecule has 2 aromatic rings. The van der Waals surface area contributed by atoms with Gasteiger partial charge >= 0.3 is 0 Å². The molecular formula is C24H28ClN3O4. The highest BCUT2D eigenvalue weighted by Crippen LogP contribution is 2.27. The number of nitrogens with zero attached hydrogens (tertiary/aromatic N) is 2. The van der Waals surface area contributed by atoms with Crippen molar-refractivity contribution in [1.29, 1.82) is 0 Å². The molecule has 2 aromatic carbocycles. The summed E-state index contributed by atoms with van der Waals surface area (Å²) in [5.74, 6) is -1.14. The van der Waals surface area contributed by atoms with Gasteiger partial charge in [0.05, 0.1) is 23.0 Å². The number of anilines is 2. The number of aliphatic hydroxyl groups excluding tert-OH is 1. The van der Waals surface area contributed by atoms with E-state index in [1.54, 1.807) is 26.8 Å². The van der Waals surface area contributed by atoms with Crippen LogP contribution in [0, 0.1) is 12.3 Å². The number of carbonyl (C=O) groups is 3. The lowest BCUT2D eigenvalue weighted by Crippen LogP contribution is -2.37. The predicted molar refractivity (Wildman–Crippen MR) is 129 cm³/mol. The van der Waals surface area contributed by atoms with Crippen LogP contribution in [-0.4, -0.2) is 49.0 Å². The van der Waals surface area contributed by atoms with E-state index in [0.29, 0.717) is 24.1 Å². The zero-order valence-electron chi connectivity index (χ0n) is 18.9. The van der Waals surface area contributed by atoms with Crippen molar-refractivity contribution in [1.82, 2.24) is 0 Å². The molecule has 0 atom stereocenters. The van der Waals surface area contributed by atoms with Crippen LogP contribution in [0.2, 0.25) is 5.02 Å². The molecular weight excluding hydrogens is 430 g/mol. The highest BCUT2D eigenvalue weighted by atomic mass is 35.5. The molecule has 170 valence electrons. The molecule has 2 N–H and O–H groups in total. The molecule has 0 aliphatic rings. The number of nitrogens with one attached hydrogen (secondary N) is 1. The van der Waals surface area contributed by atoms with Gasteiger partial charge in [-0.1, -0.05) is 38.4 Å². The minimum Gasteiger partial charge on any atom is -0.395 e. The number of likely N-dealkylation sites (N-methyl/N-ethyl adjacent to an activating group) is 1. The zero-order chi connectivity index (χ0) is 24.1. The van der Waals surface area contributed by atoms with Crippen LogP contribution in [0.15, 0.2) is 41.4 Å². The van der Waals surface area contributed by atoms with Gasteiger partial charge in [0.1, 0.15) is 6.29 Å². The monoisotopic (exact) mass is 457 g/mol. The molecule has 0 radical (unpaired) electrons. The standard InChI is InChI=1S/C24H28ClN3O4/c1-15-12-17(28(5)10-11-29)7-9-19(15)26-21(22(31)24(2,3)4)23(32)27-20-13-16(14-30)6-8-18(20)25/h6-9,12-14,29H,10-11H2,1-5H3,(H,27,32)/b26-21+. The first-order valence-corrected chi connectivity index (χ1v) is 10.5. The maximum Gasteiger partial charge on any atom is 0.278 e. The lowest BCUT2D eigenvalue weighted by Gasteiger charge is -2.20. The van der Waals surface area contributed by atoms with Crippen LogP contribution in [0.3, 0.4) is 0 Å². The highest BCUT2D eigenvalue weighted by molar-refractivity contribution is 6.68. The quantitative estimate of drug-likeness (QED) is 0.351. The number of benzene rings is 2. The summed E-state index contributed by atoms with van der Waals surface area (Å²) < 4.78 is 0. The van der Waals surface area contributed by atoms with Gasteiger partial charge < -0.3 is 15.3 Å². The summed E-state index contributed by atoms with van der Waals surface area (Å²) in [5, 5.41) is 12.0. The molecule has 0 saturated carbocycles. The van der Waals surface area contributed by atoms with Crippen LogP contribution >= 0.6 is 11.6 Å². The van der Waals surface area contributed by atoms with Crippen molar-refractivity contribution in [3.8, 4) is 0 Å². The molecule has 0 aliphatic carbocycles. The smallest absolute Gasteiger partial charge is 0.278 e. The van der Waals surface area contributed by atoms with Crippen molar-refractivity contribution in [2.75, 3.05) is 30.4 Å². The minimum absolute atomic E-state index is 0.0215. The van der Waals surface area contributed by atoms with Crippen molar-refractivity contribution >= 4 is 52.4 Å². The van der Waals surface area contributed by atoms with E-state index in [1.165, 1.54) is 18.2 Å². The van der Waals surface area contributed by atoms with Crippen molar-refractivity contribution in [3.63, 3.8) is 0 Å². The number of hydrogen-bond donors (Lipinski definition) is 2. The van der Waals surface area contributed by atoms with E-state index in [1.807, 2.05) is 31.0 Å². The summed E-state index contributed by atoms with van der Waals surface area (Å²) >= 11 is 6.15. The van der Waals surface area contributed by atoms with Crippen molar-refractivity contribution in [2.45, 2.75) is 27.7 Å². The third kappa shape index (κ3) is 6.24. The number of Topliss-reactive ketones (excluding diaryl/α,β-unsaturated/α-hetero) is 1. The largest absolute Gasteiger partial charge is 0.395 e. The maximum atomic E-state index is 13.1. The number of hydrogen-bond acceptors (Lipinski definition) is 6. The molecule has 0 bridgehead atoms. The van der Waals surface area contributed by atoms with Crippen LogP contribution in [0.4, 0.5) is 17.1 Å². The van der Waals surface area contributed by atoms with Crippen molar-refractivity contribution < 1.29 is 19.5 Å². The Balaban J connectivity index is 2.48. The topological polar surface area (TPSA) is 99.1 Å². The van der Waals surface area contributed by atoms with Gasteiger partial charge in [0.2, 0.25) is 0 Å². The van der Waals surface area contributed by atoms with Crippen molar-refractivity contribution in [3.05, 3.63) is 52.5 Å². The fourth-order valence-corrected chi connectivity index (χ4v) is 3.02. The molecule has 0 heterocycles. The number of carbonyl (C=O) groups excluding carboxylic acids is 3. The van der Waals surface area contributed by atoms with Gasteiger partial charge in [-0.3, -0.25) is 14.4 Å². The number of rotatable bonds is 8. The second-order valence-electron chi connectivity index (χ2n) is 8.47. The maximum absolute atomic E-state index is 13.1. The molecule has 32 heavy (non-hydrogen) atoms. The van der Waals surface area contributed by atoms with Gasteiger partial charge in [-0.15, -0.1) is 0 Å². The van der Waals surface area contributed by atoms with Crippen LogP contribution in [0.25, 0.3) is 0 Å². The number of amides is 1. The summed E-state index contributed by atoms with van der Waals surface area (Å²) in [6, 6.07) is 9.86. The number of aryl methyl sites for hydroxylation is 1. The fourth-order valence-electron chi connectivity index (χ4n) is 2.86. The lowest BCUT2D eigenvalue weighted by molar-refractivity contribution is -0.121. The Bertz CT molecular complexity index is 1060. The fraction of sp³-hybridized carbons (Fsp3) is 0.333. The first-order chi connectivity index (χ1) is 15.0. The Kier molecular flexibility index (Phi) is 8.30. The third-order valence-electron chi connectivity index (χ3n) is 4.77. The SMILES string of the molecule is Cc1cc(N(C)CCO)ccc1/N=C(/C(=O)Nc1cc(C=O)ccc1Cl)C(=O)C(C)(C)C. The van der Waals surface area contributed by atoms with Crippen LogP contribution < -0.4 is 10.2 Å². The summed E-state index contributed by atoms with van der Waals surface area (Å²) in [5.41, 5.74) is 1.56. The number of aliphatic imine (C=N–C) groups is 1. The molecule has 7 nitrogen and oxygen atoms in total. The van der Waals surface area contributed by atoms with Gasteiger partial charge in [0, 0.05) is 30.3 Å². The van der Waals surface area contributed by atoms with E-state index in [4.69, 9.17) is 16.7 Å². The van der Waals surface area contributed by atoms with Crippen LogP contribution in [0.5, 0.6) is 0 Å². The molecule has 0 aliphatic heterocycles. The average Bonchev–Trinajstić information content (AvgIpc) is 2.73. The molecule has 1 amide bonds. The van der Waals surface area contributed by atoms with Gasteiger partial charge in [-0.2, -0.15) is 0 Å². The molecule has 0 saturated heterocycles. The predicted octanol–water partition coefficient (Wildman–Crippen LogP) is 4.22. The summed E-state index contributed by atoms with van der Waals surface area (Å²) in [6.07, 6.45) is 0.639. The highest BCUT2D eigenvalue weighted by Gasteiger charge is 2.31. The summed E-state index contributed by atoms with van der Waals surface area (Å²) in [4.78, 5) is 43.5. The molecule has 0 unspecified atom stereocenters. The Morgan fingerprint density at radius 3 is 2.44 bits per heavy atom. The molecule has 0 fully saturated rings. The van der Waals surface area contributed by atoms with E-state index < -0.39 is 17.1 Å².